The third kappa shape index (κ3) is 45.9. The smallest absolute Gasteiger partial charge is 0.462 e. The summed E-state index contributed by atoms with van der Waals surface area (Å²) >= 11 is 0. The van der Waals surface area contributed by atoms with Crippen LogP contribution in [0, 0.1) is 0 Å². The van der Waals surface area contributed by atoms with Crippen molar-refractivity contribution in [3.63, 3.8) is 0 Å². The van der Waals surface area contributed by atoms with Crippen molar-refractivity contribution < 1.29 is 37.6 Å². The van der Waals surface area contributed by atoms with Gasteiger partial charge in [0.25, 0.3) is 0 Å². The summed E-state index contributed by atoms with van der Waals surface area (Å²) < 4.78 is 32.8. The van der Waals surface area contributed by atoms with E-state index in [0.29, 0.717) is 12.8 Å². The molecule has 59 heavy (non-hydrogen) atoms. The second-order valence-corrected chi connectivity index (χ2v) is 18.3. The molecule has 0 aromatic heterocycles. The van der Waals surface area contributed by atoms with Crippen LogP contribution in [0.15, 0.2) is 24.3 Å². The lowest BCUT2D eigenvalue weighted by molar-refractivity contribution is -0.161. The monoisotopic (exact) mass is 855 g/mol. The fourth-order valence-electron chi connectivity index (χ4n) is 7.31. The second-order valence-electron chi connectivity index (χ2n) is 16.8. The van der Waals surface area contributed by atoms with Crippen molar-refractivity contribution in [1.82, 2.24) is 0 Å². The van der Waals surface area contributed by atoms with Crippen molar-refractivity contribution in [2.75, 3.05) is 19.8 Å². The Hall–Kier alpha value is -1.47. The molecule has 0 radical (unpaired) electrons. The van der Waals surface area contributed by atoms with Gasteiger partial charge in [0.05, 0.1) is 13.2 Å². The van der Waals surface area contributed by atoms with Crippen molar-refractivity contribution in [2.24, 2.45) is 0 Å². The number of hydrogen-bond donors (Lipinski definition) is 1. The van der Waals surface area contributed by atoms with E-state index in [1.165, 1.54) is 173 Å². The van der Waals surface area contributed by atoms with Gasteiger partial charge in [-0.15, -0.1) is 0 Å². The van der Waals surface area contributed by atoms with E-state index in [0.717, 1.165) is 44.9 Å². The molecule has 1 N–H and O–H groups in total. The summed E-state index contributed by atoms with van der Waals surface area (Å²) in [4.78, 5) is 34.9. The lowest BCUT2D eigenvalue weighted by Gasteiger charge is -2.19. The third-order valence-electron chi connectivity index (χ3n) is 11.0. The number of esters is 2. The molecule has 0 amide bonds. The molecule has 0 bridgehead atoms. The lowest BCUT2D eigenvalue weighted by atomic mass is 10.0. The van der Waals surface area contributed by atoms with Crippen LogP contribution in [0.4, 0.5) is 0 Å². The average molecular weight is 855 g/mol. The van der Waals surface area contributed by atoms with Gasteiger partial charge in [-0.05, 0) is 51.9 Å². The number of phosphoric ester groups is 1. The molecular weight excluding hydrogens is 760 g/mol. The predicted octanol–water partition coefficient (Wildman–Crippen LogP) is 16.2. The van der Waals surface area contributed by atoms with Crippen molar-refractivity contribution >= 4 is 19.8 Å². The molecule has 0 fully saturated rings. The van der Waals surface area contributed by atoms with Gasteiger partial charge in [-0.25, -0.2) is 4.57 Å². The van der Waals surface area contributed by atoms with Gasteiger partial charge in [0.15, 0.2) is 6.10 Å². The first-order valence-corrected chi connectivity index (χ1v) is 26.6. The summed E-state index contributed by atoms with van der Waals surface area (Å²) in [5, 5.41) is 0. The molecule has 2 atom stereocenters. The Balaban J connectivity index is 3.98. The van der Waals surface area contributed by atoms with Gasteiger partial charge in [0.2, 0.25) is 0 Å². The van der Waals surface area contributed by atoms with E-state index in [9.17, 15) is 19.0 Å². The molecule has 0 aromatic rings. The Kier molecular flexibility index (Phi) is 44.9. The normalized spacial score (nSPS) is 13.4. The number of rotatable bonds is 47. The Morgan fingerprint density at radius 1 is 0.458 bits per heavy atom. The maximum absolute atomic E-state index is 12.6. The van der Waals surface area contributed by atoms with Crippen molar-refractivity contribution in [2.45, 2.75) is 264 Å². The number of carbonyl (C=O) groups excluding carboxylic acids is 2. The van der Waals surface area contributed by atoms with Gasteiger partial charge in [0.1, 0.15) is 6.61 Å². The van der Waals surface area contributed by atoms with Gasteiger partial charge in [-0.2, -0.15) is 0 Å². The SMILES string of the molecule is CCCCCCC/C=C\C/C=C\CCCCCCCCCCCC(=O)OC(COC(=O)CCCCCCCCCCCCCCCCCCCC)COP(=O)(O)OCC. The first kappa shape index (κ1) is 57.5. The van der Waals surface area contributed by atoms with Crippen LogP contribution in [0.3, 0.4) is 0 Å². The molecule has 0 saturated carbocycles. The van der Waals surface area contributed by atoms with Gasteiger partial charge in [-0.3, -0.25) is 18.6 Å². The Labute approximate surface area is 364 Å². The highest BCUT2D eigenvalue weighted by Gasteiger charge is 2.25. The van der Waals surface area contributed by atoms with E-state index in [2.05, 4.69) is 38.2 Å². The number of phosphoric acid groups is 1. The largest absolute Gasteiger partial charge is 0.472 e. The minimum Gasteiger partial charge on any atom is -0.462 e. The standard InChI is InChI=1S/C50H95O8P/c1-4-7-9-11-13-15-17-19-21-23-25-26-27-29-31-33-35-37-39-41-43-45-50(52)58-48(47-57-59(53,54)56-6-3)46-55-49(51)44-42-40-38-36-34-32-30-28-24-22-20-18-16-14-12-10-8-5-2/h17,19,23,25,48H,4-16,18,20-22,24,26-47H2,1-3H3,(H,53,54)/b19-17-,25-23-. The lowest BCUT2D eigenvalue weighted by Crippen LogP contribution is -2.29. The van der Waals surface area contributed by atoms with E-state index in [-0.39, 0.29) is 32.2 Å². The number of ether oxygens (including phenoxy) is 2. The first-order valence-electron chi connectivity index (χ1n) is 25.1. The summed E-state index contributed by atoms with van der Waals surface area (Å²) in [5.74, 6) is -0.788. The van der Waals surface area contributed by atoms with Crippen LogP contribution in [0.5, 0.6) is 0 Å². The molecular formula is C50H95O8P. The van der Waals surface area contributed by atoms with Crippen LogP contribution in [-0.4, -0.2) is 42.8 Å². The zero-order chi connectivity index (χ0) is 43.2. The summed E-state index contributed by atoms with van der Waals surface area (Å²) in [5.41, 5.74) is 0. The number of hydrogen-bond acceptors (Lipinski definition) is 7. The van der Waals surface area contributed by atoms with Gasteiger partial charge < -0.3 is 14.4 Å². The molecule has 0 spiro atoms. The van der Waals surface area contributed by atoms with Crippen LogP contribution >= 0.6 is 7.82 Å². The molecule has 348 valence electrons. The zero-order valence-corrected chi connectivity index (χ0v) is 39.8. The molecule has 8 nitrogen and oxygen atoms in total. The fraction of sp³-hybridized carbons (Fsp3) is 0.880. The van der Waals surface area contributed by atoms with E-state index < -0.39 is 19.9 Å². The van der Waals surface area contributed by atoms with Crippen molar-refractivity contribution in [3.05, 3.63) is 24.3 Å². The first-order chi connectivity index (χ1) is 28.8. The quantitative estimate of drug-likeness (QED) is 0.0279. The molecule has 0 saturated heterocycles. The number of unbranched alkanes of at least 4 members (excludes halogenated alkanes) is 31. The summed E-state index contributed by atoms with van der Waals surface area (Å²) in [6.07, 6.45) is 52.3. The fourth-order valence-corrected chi connectivity index (χ4v) is 8.06. The molecule has 0 heterocycles. The molecule has 2 unspecified atom stereocenters. The van der Waals surface area contributed by atoms with Gasteiger partial charge in [0, 0.05) is 12.8 Å². The minimum absolute atomic E-state index is 0.00185. The molecule has 0 aliphatic heterocycles. The Morgan fingerprint density at radius 3 is 1.20 bits per heavy atom. The van der Waals surface area contributed by atoms with Crippen LogP contribution < -0.4 is 0 Å². The zero-order valence-electron chi connectivity index (χ0n) is 38.9. The van der Waals surface area contributed by atoms with Crippen LogP contribution in [0.2, 0.25) is 0 Å². The molecule has 0 aromatic carbocycles. The second kappa shape index (κ2) is 46.0. The molecule has 0 aliphatic carbocycles. The van der Waals surface area contributed by atoms with Crippen molar-refractivity contribution in [3.8, 4) is 0 Å². The Bertz CT molecular complexity index is 1010. The third-order valence-corrected chi connectivity index (χ3v) is 12.1. The van der Waals surface area contributed by atoms with Crippen LogP contribution in [0.25, 0.3) is 0 Å². The molecule has 9 heteroatoms. The minimum atomic E-state index is -4.28. The van der Waals surface area contributed by atoms with Gasteiger partial charge >= 0.3 is 19.8 Å². The van der Waals surface area contributed by atoms with E-state index in [1.807, 2.05) is 0 Å². The maximum Gasteiger partial charge on any atom is 0.472 e. The van der Waals surface area contributed by atoms with Gasteiger partial charge in [-0.1, -0.05) is 218 Å². The van der Waals surface area contributed by atoms with Crippen molar-refractivity contribution in [1.29, 1.82) is 0 Å². The topological polar surface area (TPSA) is 108 Å². The highest BCUT2D eigenvalue weighted by molar-refractivity contribution is 7.47. The Morgan fingerprint density at radius 2 is 0.814 bits per heavy atom. The summed E-state index contributed by atoms with van der Waals surface area (Å²) in [7, 11) is -4.28. The van der Waals surface area contributed by atoms with E-state index in [1.54, 1.807) is 6.92 Å². The predicted molar refractivity (Wildman–Crippen MR) is 249 cm³/mol. The van der Waals surface area contributed by atoms with E-state index in [4.69, 9.17) is 18.5 Å². The number of carbonyl (C=O) groups is 2. The highest BCUT2D eigenvalue weighted by Crippen LogP contribution is 2.43. The van der Waals surface area contributed by atoms with E-state index >= 15 is 0 Å². The number of allylic oxidation sites excluding steroid dienone is 4. The molecule has 0 aliphatic rings. The summed E-state index contributed by atoms with van der Waals surface area (Å²) in [6, 6.07) is 0. The van der Waals surface area contributed by atoms with Crippen LogP contribution in [-0.2, 0) is 32.7 Å². The summed E-state index contributed by atoms with van der Waals surface area (Å²) in [6.45, 7) is 5.51. The highest BCUT2D eigenvalue weighted by atomic mass is 31.2. The maximum atomic E-state index is 12.6. The average Bonchev–Trinajstić information content (AvgIpc) is 3.22. The molecule has 0 rings (SSSR count). The van der Waals surface area contributed by atoms with Crippen LogP contribution in [0.1, 0.15) is 258 Å².